The van der Waals surface area contributed by atoms with E-state index in [0.29, 0.717) is 19.6 Å². The van der Waals surface area contributed by atoms with Crippen molar-refractivity contribution in [2.75, 3.05) is 25.1 Å². The first-order valence-corrected chi connectivity index (χ1v) is 7.48. The van der Waals surface area contributed by atoms with Crippen LogP contribution in [-0.4, -0.2) is 41.7 Å². The van der Waals surface area contributed by atoms with E-state index in [2.05, 4.69) is 20.6 Å². The number of fused-ring (bicyclic) bond motifs is 1. The normalized spacial score (nSPS) is 18.4. The summed E-state index contributed by atoms with van der Waals surface area (Å²) in [5.41, 5.74) is 4.20. The largest absolute Gasteiger partial charge is 0.378 e. The van der Waals surface area contributed by atoms with Crippen molar-refractivity contribution in [3.63, 3.8) is 0 Å². The number of morpholine rings is 1. The molecule has 0 aliphatic carbocycles. The van der Waals surface area contributed by atoms with Crippen LogP contribution in [0.3, 0.4) is 0 Å². The molecule has 1 atom stereocenters. The van der Waals surface area contributed by atoms with Gasteiger partial charge < -0.3 is 15.4 Å². The van der Waals surface area contributed by atoms with Crippen LogP contribution in [0.4, 0.5) is 5.69 Å². The monoisotopic (exact) mass is 300 g/mol. The number of aryl methyl sites for hydroxylation is 2. The topological polar surface area (TPSA) is 76.1 Å². The van der Waals surface area contributed by atoms with Crippen LogP contribution < -0.4 is 10.6 Å². The van der Waals surface area contributed by atoms with E-state index in [1.807, 2.05) is 32.0 Å². The molecule has 1 aromatic carbocycles. The SMILES string of the molecule is Cc1nc2ccc(NC(=O)C[C@H]3COCCN3)cc2nc1C. The predicted octanol–water partition coefficient (Wildman–Crippen LogP) is 1.56. The minimum atomic E-state index is -0.0286. The highest BCUT2D eigenvalue weighted by molar-refractivity contribution is 5.93. The summed E-state index contributed by atoms with van der Waals surface area (Å²) in [4.78, 5) is 21.1. The molecule has 1 aromatic heterocycles. The third kappa shape index (κ3) is 3.40. The Balaban J connectivity index is 1.70. The molecule has 2 heterocycles. The minimum Gasteiger partial charge on any atom is -0.378 e. The number of carbonyl (C=O) groups excluding carboxylic acids is 1. The van der Waals surface area contributed by atoms with Gasteiger partial charge in [-0.1, -0.05) is 0 Å². The molecule has 6 heteroatoms. The summed E-state index contributed by atoms with van der Waals surface area (Å²) in [5, 5.41) is 6.18. The van der Waals surface area contributed by atoms with Crippen molar-refractivity contribution in [1.82, 2.24) is 15.3 Å². The van der Waals surface area contributed by atoms with Crippen LogP contribution in [0.2, 0.25) is 0 Å². The summed E-state index contributed by atoms with van der Waals surface area (Å²) in [7, 11) is 0. The fourth-order valence-electron chi connectivity index (χ4n) is 2.50. The number of ether oxygens (including phenoxy) is 1. The number of hydrogen-bond donors (Lipinski definition) is 2. The molecule has 1 amide bonds. The van der Waals surface area contributed by atoms with Crippen LogP contribution >= 0.6 is 0 Å². The van der Waals surface area contributed by atoms with Gasteiger partial charge in [-0.2, -0.15) is 0 Å². The van der Waals surface area contributed by atoms with Gasteiger partial charge in [-0.05, 0) is 32.0 Å². The van der Waals surface area contributed by atoms with Crippen molar-refractivity contribution in [2.45, 2.75) is 26.3 Å². The molecule has 22 heavy (non-hydrogen) atoms. The molecule has 3 rings (SSSR count). The second kappa shape index (κ2) is 6.37. The van der Waals surface area contributed by atoms with E-state index in [1.165, 1.54) is 0 Å². The molecule has 1 saturated heterocycles. The molecule has 1 fully saturated rings. The predicted molar refractivity (Wildman–Crippen MR) is 84.9 cm³/mol. The zero-order chi connectivity index (χ0) is 15.5. The maximum Gasteiger partial charge on any atom is 0.226 e. The molecule has 1 aliphatic rings. The van der Waals surface area contributed by atoms with Crippen LogP contribution in [0.1, 0.15) is 17.8 Å². The van der Waals surface area contributed by atoms with Crippen molar-refractivity contribution >= 4 is 22.6 Å². The lowest BCUT2D eigenvalue weighted by Gasteiger charge is -2.23. The van der Waals surface area contributed by atoms with Gasteiger partial charge in [-0.3, -0.25) is 4.79 Å². The highest BCUT2D eigenvalue weighted by atomic mass is 16.5. The van der Waals surface area contributed by atoms with E-state index >= 15 is 0 Å². The van der Waals surface area contributed by atoms with E-state index in [9.17, 15) is 4.79 Å². The lowest BCUT2D eigenvalue weighted by molar-refractivity contribution is -0.117. The molecule has 6 nitrogen and oxygen atoms in total. The van der Waals surface area contributed by atoms with Gasteiger partial charge >= 0.3 is 0 Å². The quantitative estimate of drug-likeness (QED) is 0.899. The molecule has 0 bridgehead atoms. The minimum absolute atomic E-state index is 0.0286. The lowest BCUT2D eigenvalue weighted by Crippen LogP contribution is -2.43. The smallest absolute Gasteiger partial charge is 0.226 e. The van der Waals surface area contributed by atoms with E-state index in [0.717, 1.165) is 34.7 Å². The Labute approximate surface area is 129 Å². The maximum atomic E-state index is 12.1. The third-order valence-corrected chi connectivity index (χ3v) is 3.79. The molecule has 0 radical (unpaired) electrons. The average Bonchev–Trinajstić information content (AvgIpc) is 2.49. The summed E-state index contributed by atoms with van der Waals surface area (Å²) >= 11 is 0. The van der Waals surface area contributed by atoms with Gasteiger partial charge in [0.25, 0.3) is 0 Å². The number of hydrogen-bond acceptors (Lipinski definition) is 5. The van der Waals surface area contributed by atoms with Gasteiger partial charge in [0.15, 0.2) is 0 Å². The Kier molecular flexibility index (Phi) is 4.31. The van der Waals surface area contributed by atoms with Gasteiger partial charge in [-0.25, -0.2) is 9.97 Å². The third-order valence-electron chi connectivity index (χ3n) is 3.79. The molecular weight excluding hydrogens is 280 g/mol. The lowest BCUT2D eigenvalue weighted by atomic mass is 10.2. The summed E-state index contributed by atoms with van der Waals surface area (Å²) in [6, 6.07) is 5.68. The first kappa shape index (κ1) is 14.9. The molecule has 0 unspecified atom stereocenters. The number of nitrogens with one attached hydrogen (secondary N) is 2. The molecule has 2 aromatic rings. The molecular formula is C16H20N4O2. The van der Waals surface area contributed by atoms with E-state index in [1.54, 1.807) is 0 Å². The Morgan fingerprint density at radius 1 is 1.32 bits per heavy atom. The standard InChI is InChI=1S/C16H20N4O2/c1-10-11(2)19-15-7-12(3-4-14(15)18-10)20-16(21)8-13-9-22-6-5-17-13/h3-4,7,13,17H,5-6,8-9H2,1-2H3,(H,20,21)/t13-/m0/s1. The molecule has 0 spiro atoms. The molecule has 2 N–H and O–H groups in total. The number of benzene rings is 1. The van der Waals surface area contributed by atoms with Gasteiger partial charge in [0.05, 0.1) is 35.6 Å². The first-order valence-electron chi connectivity index (χ1n) is 7.48. The fraction of sp³-hybridized carbons (Fsp3) is 0.438. The summed E-state index contributed by atoms with van der Waals surface area (Å²) in [6.45, 7) is 5.95. The Morgan fingerprint density at radius 3 is 2.82 bits per heavy atom. The van der Waals surface area contributed by atoms with Crippen molar-refractivity contribution in [2.24, 2.45) is 0 Å². The first-order chi connectivity index (χ1) is 10.6. The summed E-state index contributed by atoms with van der Waals surface area (Å²) < 4.78 is 5.35. The zero-order valence-corrected chi connectivity index (χ0v) is 12.8. The Hall–Kier alpha value is -2.05. The van der Waals surface area contributed by atoms with Crippen molar-refractivity contribution in [3.05, 3.63) is 29.6 Å². The number of carbonyl (C=O) groups is 1. The average molecular weight is 300 g/mol. The van der Waals surface area contributed by atoms with E-state index in [-0.39, 0.29) is 11.9 Å². The van der Waals surface area contributed by atoms with Crippen LogP contribution in [0.5, 0.6) is 0 Å². The van der Waals surface area contributed by atoms with Crippen molar-refractivity contribution in [1.29, 1.82) is 0 Å². The molecule has 116 valence electrons. The van der Waals surface area contributed by atoms with Gasteiger partial charge in [0.2, 0.25) is 5.91 Å². The van der Waals surface area contributed by atoms with E-state index < -0.39 is 0 Å². The van der Waals surface area contributed by atoms with Gasteiger partial charge in [-0.15, -0.1) is 0 Å². The second-order valence-corrected chi connectivity index (χ2v) is 5.58. The highest BCUT2D eigenvalue weighted by Crippen LogP contribution is 2.18. The number of anilines is 1. The number of amides is 1. The number of aromatic nitrogens is 2. The van der Waals surface area contributed by atoms with Gasteiger partial charge in [0, 0.05) is 24.7 Å². The van der Waals surface area contributed by atoms with E-state index in [4.69, 9.17) is 4.74 Å². The molecule has 0 saturated carbocycles. The second-order valence-electron chi connectivity index (χ2n) is 5.58. The van der Waals surface area contributed by atoms with Crippen LogP contribution in [0.25, 0.3) is 11.0 Å². The van der Waals surface area contributed by atoms with Crippen molar-refractivity contribution < 1.29 is 9.53 Å². The highest BCUT2D eigenvalue weighted by Gasteiger charge is 2.17. The number of rotatable bonds is 3. The number of nitrogens with zero attached hydrogens (tertiary/aromatic N) is 2. The van der Waals surface area contributed by atoms with Gasteiger partial charge in [0.1, 0.15) is 0 Å². The van der Waals surface area contributed by atoms with Crippen LogP contribution in [-0.2, 0) is 9.53 Å². The fourth-order valence-corrected chi connectivity index (χ4v) is 2.50. The van der Waals surface area contributed by atoms with Crippen molar-refractivity contribution in [3.8, 4) is 0 Å². The van der Waals surface area contributed by atoms with Crippen LogP contribution in [0.15, 0.2) is 18.2 Å². The Bertz CT molecular complexity index is 696. The summed E-state index contributed by atoms with van der Waals surface area (Å²) in [5.74, 6) is -0.0286. The Morgan fingerprint density at radius 2 is 2.09 bits per heavy atom. The summed E-state index contributed by atoms with van der Waals surface area (Å²) in [6.07, 6.45) is 0.399. The zero-order valence-electron chi connectivity index (χ0n) is 12.8. The molecule has 1 aliphatic heterocycles. The van der Waals surface area contributed by atoms with Crippen LogP contribution in [0, 0.1) is 13.8 Å². The maximum absolute atomic E-state index is 12.1.